The molecule has 0 aromatic rings. The smallest absolute Gasteiger partial charge is 0.0364 e. The average Bonchev–Trinajstić information content (AvgIpc) is 2.14. The van der Waals surface area contributed by atoms with E-state index in [2.05, 4.69) is 67.1 Å². The van der Waals surface area contributed by atoms with E-state index >= 15 is 0 Å². The van der Waals surface area contributed by atoms with Gasteiger partial charge in [-0.25, -0.2) is 0 Å². The van der Waals surface area contributed by atoms with E-state index in [1.54, 1.807) is 0 Å². The van der Waals surface area contributed by atoms with Crippen molar-refractivity contribution in [2.24, 2.45) is 4.99 Å². The van der Waals surface area contributed by atoms with Gasteiger partial charge in [0.25, 0.3) is 0 Å². The van der Waals surface area contributed by atoms with Crippen LogP contribution in [-0.2, 0) is 0 Å². The monoisotopic (exact) mass is 225 g/mol. The Morgan fingerprint density at radius 3 is 2.40 bits per heavy atom. The molecule has 0 aromatic heterocycles. The standard InChI is InChI=1S/C13H24NP/c1-6-9-13(5,15)12(7-2)10-11(4)14-8-3/h6,9-10H,7-8,15H2,1-5H3. The second-order valence-electron chi connectivity index (χ2n) is 3.92. The van der Waals surface area contributed by atoms with E-state index in [9.17, 15) is 0 Å². The molecule has 2 unspecified atom stereocenters. The summed E-state index contributed by atoms with van der Waals surface area (Å²) in [6.45, 7) is 11.5. The molecule has 2 atom stereocenters. The number of nitrogens with zero attached hydrogens (tertiary/aromatic N) is 1. The number of aliphatic imine (C=N–C) groups is 1. The molecule has 0 radical (unpaired) electrons. The van der Waals surface area contributed by atoms with Gasteiger partial charge in [0.2, 0.25) is 0 Å². The van der Waals surface area contributed by atoms with Crippen LogP contribution >= 0.6 is 9.24 Å². The van der Waals surface area contributed by atoms with Crippen LogP contribution in [0.3, 0.4) is 0 Å². The van der Waals surface area contributed by atoms with E-state index in [4.69, 9.17) is 0 Å². The Kier molecular flexibility index (Phi) is 6.76. The van der Waals surface area contributed by atoms with Crippen LogP contribution in [0, 0.1) is 0 Å². The largest absolute Gasteiger partial charge is 0.290 e. The van der Waals surface area contributed by atoms with E-state index in [0.29, 0.717) is 0 Å². The minimum Gasteiger partial charge on any atom is -0.290 e. The topological polar surface area (TPSA) is 12.4 Å². The summed E-state index contributed by atoms with van der Waals surface area (Å²) in [5.74, 6) is 0. The van der Waals surface area contributed by atoms with Gasteiger partial charge in [-0.2, -0.15) is 0 Å². The van der Waals surface area contributed by atoms with Crippen LogP contribution in [0.1, 0.15) is 41.0 Å². The maximum Gasteiger partial charge on any atom is 0.0364 e. The van der Waals surface area contributed by atoms with Crippen molar-refractivity contribution in [3.05, 3.63) is 23.8 Å². The Hall–Kier alpha value is -0.420. The predicted molar refractivity (Wildman–Crippen MR) is 75.0 cm³/mol. The van der Waals surface area contributed by atoms with Crippen molar-refractivity contribution in [3.63, 3.8) is 0 Å². The lowest BCUT2D eigenvalue weighted by Crippen LogP contribution is -2.16. The summed E-state index contributed by atoms with van der Waals surface area (Å²) in [4.78, 5) is 4.39. The molecule has 0 rings (SSSR count). The molecular formula is C13H24NP. The SMILES string of the molecule is CC=CC(C)(P)C(=CC(C)=NCC)CC. The number of rotatable bonds is 5. The third-order valence-corrected chi connectivity index (χ3v) is 2.94. The van der Waals surface area contributed by atoms with Crippen molar-refractivity contribution in [2.45, 2.75) is 46.2 Å². The Morgan fingerprint density at radius 2 is 2.00 bits per heavy atom. The van der Waals surface area contributed by atoms with Crippen LogP contribution in [0.25, 0.3) is 0 Å². The Balaban J connectivity index is 4.98. The zero-order chi connectivity index (χ0) is 11.9. The lowest BCUT2D eigenvalue weighted by Gasteiger charge is -2.23. The molecule has 0 aliphatic heterocycles. The van der Waals surface area contributed by atoms with Crippen LogP contribution in [0.4, 0.5) is 0 Å². The molecule has 0 aliphatic carbocycles. The highest BCUT2D eigenvalue weighted by Gasteiger charge is 2.18. The molecule has 0 saturated carbocycles. The summed E-state index contributed by atoms with van der Waals surface area (Å²) in [6.07, 6.45) is 7.58. The first-order valence-electron chi connectivity index (χ1n) is 5.62. The highest BCUT2D eigenvalue weighted by molar-refractivity contribution is 7.19. The van der Waals surface area contributed by atoms with Crippen molar-refractivity contribution in [1.29, 1.82) is 0 Å². The number of hydrogen-bond donors (Lipinski definition) is 0. The average molecular weight is 225 g/mol. The minimum absolute atomic E-state index is 0.0635. The molecule has 0 amide bonds. The summed E-state index contributed by atoms with van der Waals surface area (Å²) in [6, 6.07) is 0. The quantitative estimate of drug-likeness (QED) is 0.381. The fraction of sp³-hybridized carbons (Fsp3) is 0.615. The molecule has 15 heavy (non-hydrogen) atoms. The van der Waals surface area contributed by atoms with Crippen LogP contribution < -0.4 is 0 Å². The van der Waals surface area contributed by atoms with Gasteiger partial charge in [-0.15, -0.1) is 9.24 Å². The van der Waals surface area contributed by atoms with Gasteiger partial charge in [-0.1, -0.05) is 24.6 Å². The van der Waals surface area contributed by atoms with Crippen molar-refractivity contribution < 1.29 is 0 Å². The summed E-state index contributed by atoms with van der Waals surface area (Å²) < 4.78 is 0. The predicted octanol–water partition coefficient (Wildman–Crippen LogP) is 4.01. The summed E-state index contributed by atoms with van der Waals surface area (Å²) >= 11 is 0. The molecule has 0 fully saturated rings. The first-order valence-corrected chi connectivity index (χ1v) is 6.20. The molecule has 2 heteroatoms. The minimum atomic E-state index is 0.0635. The van der Waals surface area contributed by atoms with Gasteiger partial charge in [0, 0.05) is 17.4 Å². The highest BCUT2D eigenvalue weighted by Crippen LogP contribution is 2.31. The van der Waals surface area contributed by atoms with E-state index in [1.807, 2.05) is 0 Å². The van der Waals surface area contributed by atoms with Crippen LogP contribution in [0.5, 0.6) is 0 Å². The van der Waals surface area contributed by atoms with Crippen LogP contribution in [-0.4, -0.2) is 17.4 Å². The van der Waals surface area contributed by atoms with Crippen molar-refractivity contribution in [2.75, 3.05) is 6.54 Å². The first-order chi connectivity index (χ1) is 6.97. The molecule has 0 heterocycles. The van der Waals surface area contributed by atoms with E-state index in [0.717, 1.165) is 18.7 Å². The molecule has 0 aromatic carbocycles. The fourth-order valence-corrected chi connectivity index (χ4v) is 2.12. The van der Waals surface area contributed by atoms with Gasteiger partial charge in [0.1, 0.15) is 0 Å². The normalized spacial score (nSPS) is 18.3. The molecular weight excluding hydrogens is 201 g/mol. The molecule has 1 nitrogen and oxygen atoms in total. The van der Waals surface area contributed by atoms with E-state index < -0.39 is 0 Å². The molecule has 0 N–H and O–H groups in total. The lowest BCUT2D eigenvalue weighted by atomic mass is 9.95. The van der Waals surface area contributed by atoms with Gasteiger partial charge in [0.05, 0.1) is 0 Å². The molecule has 0 saturated heterocycles. The van der Waals surface area contributed by atoms with Gasteiger partial charge in [0.15, 0.2) is 0 Å². The summed E-state index contributed by atoms with van der Waals surface area (Å²) in [5.41, 5.74) is 2.52. The Morgan fingerprint density at radius 1 is 1.40 bits per heavy atom. The Bertz CT molecular complexity index is 272. The van der Waals surface area contributed by atoms with Gasteiger partial charge in [-0.3, -0.25) is 4.99 Å². The molecule has 86 valence electrons. The number of allylic oxidation sites excluding steroid dienone is 4. The van der Waals surface area contributed by atoms with Crippen molar-refractivity contribution >= 4 is 15.0 Å². The van der Waals surface area contributed by atoms with E-state index in [1.165, 1.54) is 5.57 Å². The number of hydrogen-bond acceptors (Lipinski definition) is 1. The fourth-order valence-electron chi connectivity index (χ4n) is 1.64. The summed E-state index contributed by atoms with van der Waals surface area (Å²) in [5, 5.41) is 0.0635. The third kappa shape index (κ3) is 5.28. The Labute approximate surface area is 97.0 Å². The second-order valence-corrected chi connectivity index (χ2v) is 5.12. The van der Waals surface area contributed by atoms with E-state index in [-0.39, 0.29) is 5.16 Å². The molecule has 0 aliphatic rings. The maximum absolute atomic E-state index is 4.39. The van der Waals surface area contributed by atoms with Crippen LogP contribution in [0.2, 0.25) is 0 Å². The van der Waals surface area contributed by atoms with Crippen molar-refractivity contribution in [1.82, 2.24) is 0 Å². The zero-order valence-electron chi connectivity index (χ0n) is 10.7. The third-order valence-electron chi connectivity index (χ3n) is 2.38. The zero-order valence-corrected chi connectivity index (χ0v) is 11.8. The maximum atomic E-state index is 4.39. The lowest BCUT2D eigenvalue weighted by molar-refractivity contribution is 0.862. The summed E-state index contributed by atoms with van der Waals surface area (Å²) in [7, 11) is 2.91. The highest BCUT2D eigenvalue weighted by atomic mass is 31.0. The van der Waals surface area contributed by atoms with Crippen molar-refractivity contribution in [3.8, 4) is 0 Å². The van der Waals surface area contributed by atoms with Gasteiger partial charge >= 0.3 is 0 Å². The van der Waals surface area contributed by atoms with Gasteiger partial charge < -0.3 is 0 Å². The molecule has 0 bridgehead atoms. The molecule has 0 spiro atoms. The second kappa shape index (κ2) is 6.95. The van der Waals surface area contributed by atoms with Gasteiger partial charge in [-0.05, 0) is 40.2 Å². The first kappa shape index (κ1) is 14.6. The van der Waals surface area contributed by atoms with Crippen LogP contribution in [0.15, 0.2) is 28.8 Å².